The maximum absolute atomic E-state index is 12.1. The van der Waals surface area contributed by atoms with E-state index in [4.69, 9.17) is 4.74 Å². The van der Waals surface area contributed by atoms with Crippen LogP contribution in [0.25, 0.3) is 0 Å². The molecule has 0 N–H and O–H groups in total. The molecule has 0 saturated heterocycles. The number of carbonyl (C=O) groups excluding carboxylic acids is 2. The van der Waals surface area contributed by atoms with Crippen LogP contribution in [-0.4, -0.2) is 24.8 Å². The molecule has 1 atom stereocenters. The normalized spacial score (nSPS) is 22.1. The fourth-order valence-corrected chi connectivity index (χ4v) is 2.40. The van der Waals surface area contributed by atoms with E-state index in [1.165, 1.54) is 7.11 Å². The lowest BCUT2D eigenvalue weighted by molar-refractivity contribution is -0.117. The predicted molar refractivity (Wildman–Crippen MR) is 61.8 cm³/mol. The molecule has 0 aliphatic carbocycles. The number of amides is 1. The lowest BCUT2D eigenvalue weighted by Gasteiger charge is -2.30. The number of ketones is 1. The quantitative estimate of drug-likeness (QED) is 0.733. The highest BCUT2D eigenvalue weighted by atomic mass is 16.5. The zero-order chi connectivity index (χ0) is 12.0. The van der Waals surface area contributed by atoms with Gasteiger partial charge in [-0.2, -0.15) is 0 Å². The molecular formula is C13H11NO3. The van der Waals surface area contributed by atoms with Crippen LogP contribution in [0.1, 0.15) is 16.8 Å². The molecule has 1 amide bonds. The van der Waals surface area contributed by atoms with Crippen LogP contribution in [0, 0.1) is 0 Å². The standard InChI is InChI=1S/C13H11NO3/c1-17-12-7-8-6-11(15)9-4-2-3-5-10(9)14(8)13(12)16/h2-5,7-8H,6H2,1H3. The molecule has 1 unspecified atom stereocenters. The topological polar surface area (TPSA) is 46.6 Å². The highest BCUT2D eigenvalue weighted by Crippen LogP contribution is 2.35. The van der Waals surface area contributed by atoms with Gasteiger partial charge in [0.05, 0.1) is 18.8 Å². The van der Waals surface area contributed by atoms with Crippen LogP contribution in [0.4, 0.5) is 5.69 Å². The molecule has 0 radical (unpaired) electrons. The summed E-state index contributed by atoms with van der Waals surface area (Å²) in [5.74, 6) is 0.222. The first-order valence-corrected chi connectivity index (χ1v) is 5.44. The van der Waals surface area contributed by atoms with E-state index in [1.807, 2.05) is 12.1 Å². The van der Waals surface area contributed by atoms with Crippen LogP contribution in [0.5, 0.6) is 0 Å². The van der Waals surface area contributed by atoms with Crippen LogP contribution < -0.4 is 4.90 Å². The molecule has 17 heavy (non-hydrogen) atoms. The van der Waals surface area contributed by atoms with Gasteiger partial charge in [0.2, 0.25) is 0 Å². The molecular weight excluding hydrogens is 218 g/mol. The van der Waals surface area contributed by atoms with E-state index in [1.54, 1.807) is 23.1 Å². The number of para-hydroxylation sites is 1. The van der Waals surface area contributed by atoms with Gasteiger partial charge in [0.1, 0.15) is 0 Å². The number of carbonyl (C=O) groups is 2. The van der Waals surface area contributed by atoms with Gasteiger partial charge in [0.15, 0.2) is 11.5 Å². The van der Waals surface area contributed by atoms with E-state index in [2.05, 4.69) is 0 Å². The molecule has 1 aromatic carbocycles. The molecule has 86 valence electrons. The summed E-state index contributed by atoms with van der Waals surface area (Å²) in [6.45, 7) is 0. The van der Waals surface area contributed by atoms with Gasteiger partial charge in [-0.15, -0.1) is 0 Å². The largest absolute Gasteiger partial charge is 0.491 e. The molecule has 2 heterocycles. The summed E-state index contributed by atoms with van der Waals surface area (Å²) in [4.78, 5) is 25.6. The SMILES string of the molecule is COC1=CC2CC(=O)c3ccccc3N2C1=O. The highest BCUT2D eigenvalue weighted by Gasteiger charge is 2.40. The number of ether oxygens (including phenoxy) is 1. The van der Waals surface area contributed by atoms with Gasteiger partial charge in [0.25, 0.3) is 5.91 Å². The maximum atomic E-state index is 12.1. The maximum Gasteiger partial charge on any atom is 0.293 e. The second kappa shape index (κ2) is 3.45. The monoisotopic (exact) mass is 229 g/mol. The van der Waals surface area contributed by atoms with E-state index in [9.17, 15) is 9.59 Å². The van der Waals surface area contributed by atoms with Crippen molar-refractivity contribution in [2.24, 2.45) is 0 Å². The molecule has 3 rings (SSSR count). The number of hydrogen-bond acceptors (Lipinski definition) is 3. The molecule has 0 fully saturated rings. The Bertz CT molecular complexity index is 547. The lowest BCUT2D eigenvalue weighted by atomic mass is 9.96. The number of methoxy groups -OCH3 is 1. The van der Waals surface area contributed by atoms with Crippen molar-refractivity contribution in [3.63, 3.8) is 0 Å². The number of rotatable bonds is 1. The molecule has 0 aromatic heterocycles. The zero-order valence-corrected chi connectivity index (χ0v) is 9.34. The Kier molecular flexibility index (Phi) is 2.04. The Hall–Kier alpha value is -2.10. The Labute approximate surface area is 98.5 Å². The third-order valence-electron chi connectivity index (χ3n) is 3.18. The second-order valence-corrected chi connectivity index (χ2v) is 4.12. The third-order valence-corrected chi connectivity index (χ3v) is 3.18. The first-order valence-electron chi connectivity index (χ1n) is 5.44. The number of anilines is 1. The molecule has 0 bridgehead atoms. The minimum atomic E-state index is -0.195. The van der Waals surface area contributed by atoms with Crippen LogP contribution in [0.15, 0.2) is 36.1 Å². The van der Waals surface area contributed by atoms with Crippen LogP contribution in [0.2, 0.25) is 0 Å². The van der Waals surface area contributed by atoms with Crippen LogP contribution in [-0.2, 0) is 9.53 Å². The van der Waals surface area contributed by atoms with Crippen molar-refractivity contribution < 1.29 is 14.3 Å². The van der Waals surface area contributed by atoms with E-state index >= 15 is 0 Å². The third kappa shape index (κ3) is 1.30. The van der Waals surface area contributed by atoms with Gasteiger partial charge in [-0.25, -0.2) is 0 Å². The minimum Gasteiger partial charge on any atom is -0.491 e. The fraction of sp³-hybridized carbons (Fsp3) is 0.231. The van der Waals surface area contributed by atoms with Crippen LogP contribution >= 0.6 is 0 Å². The smallest absolute Gasteiger partial charge is 0.293 e. The van der Waals surface area contributed by atoms with Crippen molar-refractivity contribution in [2.45, 2.75) is 12.5 Å². The van der Waals surface area contributed by atoms with Crippen molar-refractivity contribution in [2.75, 3.05) is 12.0 Å². The van der Waals surface area contributed by atoms with Gasteiger partial charge >= 0.3 is 0 Å². The van der Waals surface area contributed by atoms with Crippen molar-refractivity contribution in [1.82, 2.24) is 0 Å². The summed E-state index contributed by atoms with van der Waals surface area (Å²) in [7, 11) is 1.47. The summed E-state index contributed by atoms with van der Waals surface area (Å²) < 4.78 is 5.02. The van der Waals surface area contributed by atoms with E-state index < -0.39 is 0 Å². The summed E-state index contributed by atoms with van der Waals surface area (Å²) in [5, 5.41) is 0. The van der Waals surface area contributed by atoms with E-state index in [-0.39, 0.29) is 17.7 Å². The van der Waals surface area contributed by atoms with Gasteiger partial charge in [0, 0.05) is 12.0 Å². The van der Waals surface area contributed by atoms with E-state index in [0.29, 0.717) is 23.4 Å². The Balaban J connectivity index is 2.13. The molecule has 4 heteroatoms. The van der Waals surface area contributed by atoms with Crippen molar-refractivity contribution in [1.29, 1.82) is 0 Å². The van der Waals surface area contributed by atoms with Gasteiger partial charge in [-0.1, -0.05) is 12.1 Å². The number of fused-ring (bicyclic) bond motifs is 3. The van der Waals surface area contributed by atoms with Gasteiger partial charge in [-0.3, -0.25) is 14.5 Å². The number of nitrogens with zero attached hydrogens (tertiary/aromatic N) is 1. The first-order chi connectivity index (χ1) is 8.22. The molecule has 0 spiro atoms. The van der Waals surface area contributed by atoms with Crippen molar-refractivity contribution >= 4 is 17.4 Å². The average molecular weight is 229 g/mol. The predicted octanol–water partition coefficient (Wildman–Crippen LogP) is 1.52. The summed E-state index contributed by atoms with van der Waals surface area (Å²) in [6.07, 6.45) is 2.05. The summed E-state index contributed by atoms with van der Waals surface area (Å²) in [6, 6.07) is 6.99. The molecule has 2 aliphatic heterocycles. The van der Waals surface area contributed by atoms with Gasteiger partial charge < -0.3 is 4.74 Å². The van der Waals surface area contributed by atoms with Crippen molar-refractivity contribution in [3.8, 4) is 0 Å². The summed E-state index contributed by atoms with van der Waals surface area (Å²) in [5.41, 5.74) is 1.30. The zero-order valence-electron chi connectivity index (χ0n) is 9.34. The molecule has 4 nitrogen and oxygen atoms in total. The number of Topliss-reactive ketones (excluding diaryl/α,β-unsaturated/α-hetero) is 1. The first kappa shape index (κ1) is 10.1. The highest BCUT2D eigenvalue weighted by molar-refractivity contribution is 6.15. The van der Waals surface area contributed by atoms with Gasteiger partial charge in [-0.05, 0) is 18.2 Å². The fourth-order valence-electron chi connectivity index (χ4n) is 2.40. The Morgan fingerprint density at radius 2 is 2.06 bits per heavy atom. The number of hydrogen-bond donors (Lipinski definition) is 0. The van der Waals surface area contributed by atoms with Crippen molar-refractivity contribution in [3.05, 3.63) is 41.7 Å². The molecule has 1 aromatic rings. The molecule has 2 aliphatic rings. The van der Waals surface area contributed by atoms with Crippen LogP contribution in [0.3, 0.4) is 0 Å². The molecule has 0 saturated carbocycles. The average Bonchev–Trinajstić information content (AvgIpc) is 2.66. The second-order valence-electron chi connectivity index (χ2n) is 4.12. The number of benzene rings is 1. The minimum absolute atomic E-state index is 0.0725. The Morgan fingerprint density at radius 3 is 2.82 bits per heavy atom. The summed E-state index contributed by atoms with van der Waals surface area (Å²) >= 11 is 0. The Morgan fingerprint density at radius 1 is 1.29 bits per heavy atom. The van der Waals surface area contributed by atoms with E-state index in [0.717, 1.165) is 0 Å². The lowest BCUT2D eigenvalue weighted by Crippen LogP contribution is -2.40.